The molecule has 27 heavy (non-hydrogen) atoms. The number of hydrogen-bond donors (Lipinski definition) is 0. The Bertz CT molecular complexity index is 1060. The molecule has 0 saturated heterocycles. The molecule has 0 aliphatic rings. The molecule has 0 amide bonds. The fraction of sp³-hybridized carbons (Fsp3) is 0.133. The van der Waals surface area contributed by atoms with E-state index >= 15 is 0 Å². The first-order valence-electron chi connectivity index (χ1n) is 7.09. The number of carbonyl (C=O) groups is 2. The van der Waals surface area contributed by atoms with E-state index in [0.717, 1.165) is 29.7 Å². The van der Waals surface area contributed by atoms with Gasteiger partial charge < -0.3 is 18.7 Å². The summed E-state index contributed by atoms with van der Waals surface area (Å²) < 4.78 is 25.2. The summed E-state index contributed by atoms with van der Waals surface area (Å²) in [5, 5.41) is 1.52. The molecule has 2 aromatic heterocycles. The van der Waals surface area contributed by atoms with Crippen LogP contribution in [0.3, 0.4) is 0 Å². The maximum Gasteiger partial charge on any atom is 1.00 e. The van der Waals surface area contributed by atoms with Gasteiger partial charge in [0.1, 0.15) is 11.5 Å². The topological polar surface area (TPSA) is 115 Å². The minimum absolute atomic E-state index is 0. The molecule has 0 spiro atoms. The fourth-order valence-electron chi connectivity index (χ4n) is 2.37. The number of hydrogen-bond acceptors (Lipinski definition) is 7. The van der Waals surface area contributed by atoms with E-state index in [1.54, 1.807) is 6.92 Å². The van der Waals surface area contributed by atoms with Gasteiger partial charge in [-0.15, -0.1) is 11.3 Å². The van der Waals surface area contributed by atoms with Gasteiger partial charge in [0.2, 0.25) is 5.78 Å². The fourth-order valence-corrected chi connectivity index (χ4v) is 3.83. The van der Waals surface area contributed by atoms with Crippen molar-refractivity contribution in [3.8, 4) is 0 Å². The Kier molecular flexibility index (Phi) is 8.78. The number of aromatic nitrogens is 2. The van der Waals surface area contributed by atoms with Gasteiger partial charge in [0, 0.05) is 31.1 Å². The van der Waals surface area contributed by atoms with Crippen molar-refractivity contribution in [2.45, 2.75) is 13.3 Å². The summed E-state index contributed by atoms with van der Waals surface area (Å²) in [6.07, 6.45) is 1.08. The van der Waals surface area contributed by atoms with Crippen LogP contribution in [-0.2, 0) is 4.57 Å². The van der Waals surface area contributed by atoms with E-state index in [2.05, 4.69) is 4.98 Å². The average Bonchev–Trinajstić information content (AvgIpc) is 3.17. The zero-order valence-corrected chi connectivity index (χ0v) is 20.5. The molecule has 2 heterocycles. The van der Waals surface area contributed by atoms with Crippen LogP contribution in [-0.4, -0.2) is 20.9 Å². The predicted octanol–water partition coefficient (Wildman–Crippen LogP) is -4.25. The molecule has 3 rings (SSSR count). The first-order valence-corrected chi connectivity index (χ1v) is 9.46. The molecule has 130 valence electrons. The molecule has 0 aliphatic heterocycles. The Balaban J connectivity index is 0.00000182. The van der Waals surface area contributed by atoms with Crippen molar-refractivity contribution >= 4 is 41.6 Å². The second kappa shape index (κ2) is 9.54. The monoisotopic (exact) mass is 426 g/mol. The predicted molar refractivity (Wildman–Crippen MR) is 85.1 cm³/mol. The number of nitrogens with zero attached hydrogens (tertiary/aromatic N) is 2. The maximum absolute atomic E-state index is 13.4. The third-order valence-electron chi connectivity index (χ3n) is 3.56. The quantitative estimate of drug-likeness (QED) is 0.232. The summed E-state index contributed by atoms with van der Waals surface area (Å²) in [5.41, 5.74) is -0.186. The smallest absolute Gasteiger partial charge is 0.795 e. The van der Waals surface area contributed by atoms with Crippen LogP contribution in [0.25, 0.3) is 10.9 Å². The molecular formula is C15H10FN2Na2O5PS. The van der Waals surface area contributed by atoms with Crippen molar-refractivity contribution in [1.29, 1.82) is 0 Å². The molecular weight excluding hydrogens is 416 g/mol. The van der Waals surface area contributed by atoms with Gasteiger partial charge in [0.25, 0.3) is 0 Å². The minimum Gasteiger partial charge on any atom is -0.795 e. The van der Waals surface area contributed by atoms with Gasteiger partial charge in [-0.1, -0.05) is 6.92 Å². The third kappa shape index (κ3) is 5.05. The second-order valence-corrected chi connectivity index (χ2v) is 7.39. The summed E-state index contributed by atoms with van der Waals surface area (Å²) in [6.45, 7) is 1.66. The number of Topliss-reactive ketones (excluding diaryl/α,β-unsaturated/α-hetero) is 1. The van der Waals surface area contributed by atoms with Gasteiger partial charge in [-0.25, -0.2) is 9.37 Å². The Morgan fingerprint density at radius 3 is 2.56 bits per heavy atom. The van der Waals surface area contributed by atoms with Gasteiger partial charge in [-0.2, -0.15) is 0 Å². The molecule has 1 aromatic carbocycles. The molecule has 0 atom stereocenters. The Hall–Kier alpha value is -0.190. The van der Waals surface area contributed by atoms with E-state index in [9.17, 15) is 28.3 Å². The van der Waals surface area contributed by atoms with Gasteiger partial charge in [-0.05, 0) is 18.2 Å². The van der Waals surface area contributed by atoms with E-state index in [1.807, 2.05) is 0 Å². The number of halogens is 1. The molecule has 7 nitrogen and oxygen atoms in total. The van der Waals surface area contributed by atoms with Gasteiger partial charge in [0.05, 0.1) is 11.1 Å². The Labute approximate surface area is 201 Å². The molecule has 0 fully saturated rings. The first-order chi connectivity index (χ1) is 11.7. The number of ketones is 2. The van der Waals surface area contributed by atoms with Crippen molar-refractivity contribution in [3.63, 3.8) is 0 Å². The van der Waals surface area contributed by atoms with Crippen LogP contribution in [0.15, 0.2) is 29.8 Å². The minimum atomic E-state index is -5.28. The maximum atomic E-state index is 13.4. The van der Waals surface area contributed by atoms with Crippen molar-refractivity contribution in [3.05, 3.63) is 51.9 Å². The number of fused-ring (bicyclic) bond motifs is 1. The molecule has 3 aromatic rings. The van der Waals surface area contributed by atoms with E-state index in [-0.39, 0.29) is 98.5 Å². The summed E-state index contributed by atoms with van der Waals surface area (Å²) in [6, 6.07) is 3.14. The van der Waals surface area contributed by atoms with Crippen LogP contribution >= 0.6 is 19.1 Å². The number of carbonyl (C=O) groups excluding carboxylic acids is 2. The zero-order valence-electron chi connectivity index (χ0n) is 14.8. The van der Waals surface area contributed by atoms with E-state index in [4.69, 9.17) is 0 Å². The molecule has 0 aliphatic carbocycles. The van der Waals surface area contributed by atoms with Gasteiger partial charge in [0.15, 0.2) is 10.8 Å². The van der Waals surface area contributed by atoms with Crippen LogP contribution in [0, 0.1) is 5.82 Å². The number of rotatable bonds is 5. The second-order valence-electron chi connectivity index (χ2n) is 5.16. The van der Waals surface area contributed by atoms with Crippen LogP contribution in [0.5, 0.6) is 0 Å². The van der Waals surface area contributed by atoms with Gasteiger partial charge >= 0.3 is 59.1 Å². The number of thiazole rings is 1. The van der Waals surface area contributed by atoms with Crippen molar-refractivity contribution in [1.82, 2.24) is 9.32 Å². The normalized spacial score (nSPS) is 11.0. The molecule has 0 N–H and O–H groups in total. The average molecular weight is 426 g/mol. The van der Waals surface area contributed by atoms with E-state index < -0.39 is 19.3 Å². The van der Waals surface area contributed by atoms with Crippen molar-refractivity contribution in [2.75, 3.05) is 0 Å². The first kappa shape index (κ1) is 24.8. The van der Waals surface area contributed by atoms with Crippen LogP contribution in [0.4, 0.5) is 4.39 Å². The molecule has 0 unspecified atom stereocenters. The zero-order chi connectivity index (χ0) is 18.4. The number of benzene rings is 1. The van der Waals surface area contributed by atoms with Crippen LogP contribution < -0.4 is 68.9 Å². The summed E-state index contributed by atoms with van der Waals surface area (Å²) in [4.78, 5) is 51.1. The molecule has 0 radical (unpaired) electrons. The summed E-state index contributed by atoms with van der Waals surface area (Å²) in [7, 11) is -5.28. The van der Waals surface area contributed by atoms with Crippen molar-refractivity contribution in [2.24, 2.45) is 0 Å². The van der Waals surface area contributed by atoms with Gasteiger partial charge in [-0.3, -0.25) is 9.59 Å². The summed E-state index contributed by atoms with van der Waals surface area (Å²) >= 11 is 0.935. The SMILES string of the molecule is CCC(=O)c1csc(C(=O)c2cn(P(=O)([O-])[O-])c3cc(F)ccc23)n1.[Na+].[Na+]. The Morgan fingerprint density at radius 2 is 1.96 bits per heavy atom. The van der Waals surface area contributed by atoms with Crippen LogP contribution in [0.1, 0.15) is 39.2 Å². The molecule has 0 bridgehead atoms. The third-order valence-corrected chi connectivity index (χ3v) is 5.26. The van der Waals surface area contributed by atoms with Crippen LogP contribution in [0.2, 0.25) is 0 Å². The molecule has 0 saturated carbocycles. The standard InChI is InChI=1S/C15H12FN2O5PS.2Na/c1-2-13(19)11-7-25-15(17-11)14(20)10-6-18(24(21,22)23)12-5-8(16)3-4-9(10)12;;/h3-7H,2H2,1H3,(H2,21,22,23);;/q;2*+1/p-2. The van der Waals surface area contributed by atoms with Crippen molar-refractivity contribution < 1.29 is 87.4 Å². The largest absolute Gasteiger partial charge is 1.00 e. The van der Waals surface area contributed by atoms with E-state index in [0.29, 0.717) is 4.34 Å². The Morgan fingerprint density at radius 1 is 1.30 bits per heavy atom. The van der Waals surface area contributed by atoms with E-state index in [1.165, 1.54) is 11.4 Å². The molecule has 12 heteroatoms. The summed E-state index contributed by atoms with van der Waals surface area (Å²) in [5.74, 6) is -1.63.